The number of benzene rings is 1. The normalized spacial score (nSPS) is 12.5. The van der Waals surface area contributed by atoms with Crippen molar-refractivity contribution >= 4 is 17.5 Å². The van der Waals surface area contributed by atoms with Gasteiger partial charge in [-0.15, -0.1) is 0 Å². The summed E-state index contributed by atoms with van der Waals surface area (Å²) in [5.74, 6) is 0.239. The zero-order chi connectivity index (χ0) is 12.8. The molecule has 1 unspecified atom stereocenters. The molecule has 0 fully saturated rings. The van der Waals surface area contributed by atoms with Gasteiger partial charge in [0.05, 0.1) is 6.04 Å². The Bertz CT molecular complexity index is 379. The third kappa shape index (κ3) is 4.02. The van der Waals surface area contributed by atoms with Gasteiger partial charge in [0.25, 0.3) is 0 Å². The van der Waals surface area contributed by atoms with Crippen LogP contribution in [0.25, 0.3) is 0 Å². The molecule has 3 nitrogen and oxygen atoms in total. The van der Waals surface area contributed by atoms with E-state index in [1.807, 2.05) is 24.3 Å². The smallest absolute Gasteiger partial charge is 0.221 e. The van der Waals surface area contributed by atoms with Gasteiger partial charge in [-0.3, -0.25) is 4.79 Å². The summed E-state index contributed by atoms with van der Waals surface area (Å²) >= 11 is 6.15. The van der Waals surface area contributed by atoms with Crippen LogP contribution in [0, 0.1) is 5.92 Å². The van der Waals surface area contributed by atoms with Crippen LogP contribution in [-0.4, -0.2) is 12.5 Å². The van der Waals surface area contributed by atoms with Crippen molar-refractivity contribution in [1.82, 2.24) is 5.32 Å². The third-order valence-electron chi connectivity index (χ3n) is 2.59. The molecule has 1 amide bonds. The van der Waals surface area contributed by atoms with Crippen molar-refractivity contribution in [2.45, 2.75) is 26.3 Å². The Morgan fingerprint density at radius 1 is 1.41 bits per heavy atom. The number of halogens is 1. The second-order valence-corrected chi connectivity index (χ2v) is 4.76. The van der Waals surface area contributed by atoms with E-state index < -0.39 is 0 Å². The van der Waals surface area contributed by atoms with Crippen LogP contribution in [0.15, 0.2) is 24.3 Å². The summed E-state index contributed by atoms with van der Waals surface area (Å²) in [4.78, 5) is 11.6. The van der Waals surface area contributed by atoms with E-state index in [0.29, 0.717) is 18.0 Å². The Balaban J connectivity index is 2.87. The van der Waals surface area contributed by atoms with Gasteiger partial charge in [0.15, 0.2) is 0 Å². The van der Waals surface area contributed by atoms with Gasteiger partial charge in [0.2, 0.25) is 5.91 Å². The third-order valence-corrected chi connectivity index (χ3v) is 2.94. The first-order chi connectivity index (χ1) is 8.06. The monoisotopic (exact) mass is 254 g/mol. The molecule has 0 bridgehead atoms. The molecule has 3 N–H and O–H groups in total. The molecule has 0 radical (unpaired) electrons. The Morgan fingerprint density at radius 2 is 2.06 bits per heavy atom. The molecule has 0 spiro atoms. The van der Waals surface area contributed by atoms with E-state index in [1.165, 1.54) is 0 Å². The molecule has 94 valence electrons. The fraction of sp³-hybridized carbons (Fsp3) is 0.462. The molecule has 0 heterocycles. The van der Waals surface area contributed by atoms with E-state index >= 15 is 0 Å². The average molecular weight is 255 g/mol. The minimum absolute atomic E-state index is 0.0360. The molecular formula is C13H19ClN2O. The first kappa shape index (κ1) is 14.0. The van der Waals surface area contributed by atoms with Gasteiger partial charge in [-0.25, -0.2) is 0 Å². The molecule has 1 atom stereocenters. The number of amides is 1. The lowest BCUT2D eigenvalue weighted by Crippen LogP contribution is -2.33. The highest BCUT2D eigenvalue weighted by molar-refractivity contribution is 6.31. The predicted octanol–water partition coefficient (Wildman–Crippen LogP) is 2.50. The molecule has 1 aromatic rings. The van der Waals surface area contributed by atoms with Gasteiger partial charge in [-0.2, -0.15) is 0 Å². The number of rotatable bonds is 5. The SMILES string of the molecule is CC(C)C(NC(=O)CCN)c1ccccc1Cl. The first-order valence-corrected chi connectivity index (χ1v) is 6.18. The van der Waals surface area contributed by atoms with Gasteiger partial charge < -0.3 is 11.1 Å². The van der Waals surface area contributed by atoms with Crippen molar-refractivity contribution in [2.75, 3.05) is 6.54 Å². The molecule has 1 aromatic carbocycles. The first-order valence-electron chi connectivity index (χ1n) is 5.80. The molecule has 0 saturated carbocycles. The van der Waals surface area contributed by atoms with Crippen molar-refractivity contribution in [3.8, 4) is 0 Å². The molecule has 4 heteroatoms. The van der Waals surface area contributed by atoms with Gasteiger partial charge >= 0.3 is 0 Å². The summed E-state index contributed by atoms with van der Waals surface area (Å²) in [6.07, 6.45) is 0.341. The Labute approximate surface area is 107 Å². The Morgan fingerprint density at radius 3 is 2.59 bits per heavy atom. The van der Waals surface area contributed by atoms with Crippen LogP contribution in [0.2, 0.25) is 5.02 Å². The Hall–Kier alpha value is -1.06. The summed E-state index contributed by atoms with van der Waals surface area (Å²) in [6.45, 7) is 4.46. The molecule has 0 saturated heterocycles. The average Bonchev–Trinajstić information content (AvgIpc) is 2.27. The lowest BCUT2D eigenvalue weighted by atomic mass is 9.96. The topological polar surface area (TPSA) is 55.1 Å². The van der Waals surface area contributed by atoms with Gasteiger partial charge in [0.1, 0.15) is 0 Å². The summed E-state index contributed by atoms with van der Waals surface area (Å²) in [6, 6.07) is 7.51. The summed E-state index contributed by atoms with van der Waals surface area (Å²) in [5.41, 5.74) is 6.32. The summed E-state index contributed by atoms with van der Waals surface area (Å²) in [7, 11) is 0. The lowest BCUT2D eigenvalue weighted by Gasteiger charge is -2.23. The Kier molecular flexibility index (Phi) is 5.45. The number of nitrogens with two attached hydrogens (primary N) is 1. The van der Waals surface area contributed by atoms with Crippen molar-refractivity contribution in [3.05, 3.63) is 34.9 Å². The molecule has 17 heavy (non-hydrogen) atoms. The van der Waals surface area contributed by atoms with Crippen LogP contribution < -0.4 is 11.1 Å². The highest BCUT2D eigenvalue weighted by Crippen LogP contribution is 2.27. The van der Waals surface area contributed by atoms with Gasteiger partial charge in [-0.05, 0) is 17.5 Å². The minimum atomic E-state index is -0.0669. The quantitative estimate of drug-likeness (QED) is 0.848. The van der Waals surface area contributed by atoms with Crippen molar-refractivity contribution < 1.29 is 4.79 Å². The largest absolute Gasteiger partial charge is 0.349 e. The van der Waals surface area contributed by atoms with Gasteiger partial charge in [0, 0.05) is 18.0 Å². The fourth-order valence-electron chi connectivity index (χ4n) is 1.71. The highest BCUT2D eigenvalue weighted by Gasteiger charge is 2.19. The number of hydrogen-bond acceptors (Lipinski definition) is 2. The molecule has 0 aromatic heterocycles. The highest BCUT2D eigenvalue weighted by atomic mass is 35.5. The standard InChI is InChI=1S/C13H19ClN2O/c1-9(2)13(16-12(17)7-8-15)10-5-3-4-6-11(10)14/h3-6,9,13H,7-8,15H2,1-2H3,(H,16,17). The number of carbonyl (C=O) groups excluding carboxylic acids is 1. The maximum absolute atomic E-state index is 11.6. The van der Waals surface area contributed by atoms with E-state index in [4.69, 9.17) is 17.3 Å². The zero-order valence-corrected chi connectivity index (χ0v) is 11.0. The van der Waals surface area contributed by atoms with Crippen molar-refractivity contribution in [1.29, 1.82) is 0 Å². The van der Waals surface area contributed by atoms with Crippen LogP contribution in [-0.2, 0) is 4.79 Å². The van der Waals surface area contributed by atoms with Crippen molar-refractivity contribution in [3.63, 3.8) is 0 Å². The second kappa shape index (κ2) is 6.62. The molecule has 0 aliphatic carbocycles. The van der Waals surface area contributed by atoms with Gasteiger partial charge in [-0.1, -0.05) is 43.6 Å². The predicted molar refractivity (Wildman–Crippen MR) is 70.8 cm³/mol. The maximum atomic E-state index is 11.6. The number of nitrogens with one attached hydrogen (secondary N) is 1. The van der Waals surface area contributed by atoms with Crippen LogP contribution in [0.1, 0.15) is 31.9 Å². The van der Waals surface area contributed by atoms with E-state index in [1.54, 1.807) is 0 Å². The van der Waals surface area contributed by atoms with Crippen LogP contribution in [0.5, 0.6) is 0 Å². The van der Waals surface area contributed by atoms with E-state index in [0.717, 1.165) is 5.56 Å². The minimum Gasteiger partial charge on any atom is -0.349 e. The van der Waals surface area contributed by atoms with E-state index in [2.05, 4.69) is 19.2 Å². The van der Waals surface area contributed by atoms with Crippen LogP contribution in [0.3, 0.4) is 0 Å². The second-order valence-electron chi connectivity index (χ2n) is 4.35. The van der Waals surface area contributed by atoms with Crippen molar-refractivity contribution in [2.24, 2.45) is 11.7 Å². The van der Waals surface area contributed by atoms with E-state index in [-0.39, 0.29) is 17.9 Å². The zero-order valence-electron chi connectivity index (χ0n) is 10.2. The molecular weight excluding hydrogens is 236 g/mol. The number of carbonyl (C=O) groups is 1. The molecule has 0 aliphatic heterocycles. The lowest BCUT2D eigenvalue weighted by molar-refractivity contribution is -0.121. The summed E-state index contributed by atoms with van der Waals surface area (Å²) < 4.78 is 0. The summed E-state index contributed by atoms with van der Waals surface area (Å²) in [5, 5.41) is 3.65. The van der Waals surface area contributed by atoms with Crippen LogP contribution >= 0.6 is 11.6 Å². The van der Waals surface area contributed by atoms with Crippen LogP contribution in [0.4, 0.5) is 0 Å². The van der Waals surface area contributed by atoms with E-state index in [9.17, 15) is 4.79 Å². The molecule has 1 rings (SSSR count). The number of hydrogen-bond donors (Lipinski definition) is 2. The molecule has 0 aliphatic rings. The maximum Gasteiger partial charge on any atom is 0.221 e. The fourth-order valence-corrected chi connectivity index (χ4v) is 1.96.